The molecule has 100 valence electrons. The van der Waals surface area contributed by atoms with Gasteiger partial charge in [-0.15, -0.1) is 0 Å². The Hall–Kier alpha value is -2.69. The van der Waals surface area contributed by atoms with Gasteiger partial charge in [-0.25, -0.2) is 4.39 Å². The number of nitrogens with zero attached hydrogens (tertiary/aromatic N) is 2. The highest BCUT2D eigenvalue weighted by molar-refractivity contribution is 5.71. The monoisotopic (exact) mass is 269 g/mol. The molecule has 0 amide bonds. The standard InChI is InChI=1S/C15H12FN3O/c1-9-4-2-3-5-11(9)14-18-15(20-19-14)12-8-10(16)6-7-13(12)17/h2-8H,17H2,1H3. The molecule has 0 saturated heterocycles. The predicted octanol–water partition coefficient (Wildman–Crippen LogP) is 3.43. The molecule has 0 unspecified atom stereocenters. The van der Waals surface area contributed by atoms with Gasteiger partial charge in [-0.1, -0.05) is 29.4 Å². The van der Waals surface area contributed by atoms with Crippen LogP contribution in [-0.2, 0) is 0 Å². The molecule has 1 heterocycles. The Labute approximate surface area is 115 Å². The van der Waals surface area contributed by atoms with E-state index in [1.165, 1.54) is 18.2 Å². The normalized spacial score (nSPS) is 10.7. The van der Waals surface area contributed by atoms with Gasteiger partial charge in [0, 0.05) is 11.3 Å². The fourth-order valence-corrected chi connectivity index (χ4v) is 1.98. The fraction of sp³-hybridized carbons (Fsp3) is 0.0667. The third-order valence-electron chi connectivity index (χ3n) is 3.06. The molecule has 0 bridgehead atoms. The summed E-state index contributed by atoms with van der Waals surface area (Å²) in [6.45, 7) is 1.96. The Morgan fingerprint density at radius 1 is 1.10 bits per heavy atom. The van der Waals surface area contributed by atoms with Gasteiger partial charge >= 0.3 is 0 Å². The third-order valence-corrected chi connectivity index (χ3v) is 3.06. The van der Waals surface area contributed by atoms with Crippen molar-refractivity contribution < 1.29 is 8.91 Å². The first kappa shape index (κ1) is 12.3. The van der Waals surface area contributed by atoms with E-state index < -0.39 is 5.82 Å². The van der Waals surface area contributed by atoms with E-state index in [0.29, 0.717) is 17.1 Å². The minimum Gasteiger partial charge on any atom is -0.398 e. The summed E-state index contributed by atoms with van der Waals surface area (Å²) < 4.78 is 18.5. The van der Waals surface area contributed by atoms with Gasteiger partial charge in [0.05, 0.1) is 5.56 Å². The van der Waals surface area contributed by atoms with E-state index in [2.05, 4.69) is 10.1 Å². The summed E-state index contributed by atoms with van der Waals surface area (Å²) in [5, 5.41) is 3.93. The summed E-state index contributed by atoms with van der Waals surface area (Å²) in [5.74, 6) is 0.270. The van der Waals surface area contributed by atoms with Crippen LogP contribution in [0.25, 0.3) is 22.8 Å². The maximum absolute atomic E-state index is 13.3. The zero-order chi connectivity index (χ0) is 14.1. The molecule has 0 radical (unpaired) electrons. The zero-order valence-corrected chi connectivity index (χ0v) is 10.8. The van der Waals surface area contributed by atoms with Crippen molar-refractivity contribution in [2.75, 3.05) is 5.73 Å². The van der Waals surface area contributed by atoms with E-state index in [1.54, 1.807) is 0 Å². The molecule has 4 nitrogen and oxygen atoms in total. The van der Waals surface area contributed by atoms with Crippen molar-refractivity contribution in [2.24, 2.45) is 0 Å². The van der Waals surface area contributed by atoms with Crippen molar-refractivity contribution in [1.82, 2.24) is 10.1 Å². The van der Waals surface area contributed by atoms with E-state index in [-0.39, 0.29) is 5.89 Å². The lowest BCUT2D eigenvalue weighted by Gasteiger charge is -2.00. The van der Waals surface area contributed by atoms with Gasteiger partial charge in [0.25, 0.3) is 5.89 Å². The topological polar surface area (TPSA) is 64.9 Å². The van der Waals surface area contributed by atoms with Crippen molar-refractivity contribution in [3.05, 3.63) is 53.8 Å². The van der Waals surface area contributed by atoms with Crippen LogP contribution < -0.4 is 5.73 Å². The molecule has 5 heteroatoms. The Bertz CT molecular complexity index is 767. The molecule has 0 aliphatic rings. The molecule has 0 aliphatic carbocycles. The van der Waals surface area contributed by atoms with Crippen LogP contribution in [0.2, 0.25) is 0 Å². The van der Waals surface area contributed by atoms with Crippen molar-refractivity contribution in [3.63, 3.8) is 0 Å². The summed E-state index contributed by atoms with van der Waals surface area (Å²) >= 11 is 0. The van der Waals surface area contributed by atoms with Crippen molar-refractivity contribution >= 4 is 5.69 Å². The SMILES string of the molecule is Cc1ccccc1-c1noc(-c2cc(F)ccc2N)n1. The van der Waals surface area contributed by atoms with E-state index in [9.17, 15) is 4.39 Å². The lowest BCUT2D eigenvalue weighted by molar-refractivity contribution is 0.432. The van der Waals surface area contributed by atoms with Crippen LogP contribution in [0.5, 0.6) is 0 Å². The van der Waals surface area contributed by atoms with Gasteiger partial charge in [-0.2, -0.15) is 4.98 Å². The second kappa shape index (κ2) is 4.77. The highest BCUT2D eigenvalue weighted by Gasteiger charge is 2.14. The van der Waals surface area contributed by atoms with Crippen LogP contribution in [0.1, 0.15) is 5.56 Å². The molecule has 1 aromatic heterocycles. The number of nitrogens with two attached hydrogens (primary N) is 1. The van der Waals surface area contributed by atoms with E-state index >= 15 is 0 Å². The van der Waals surface area contributed by atoms with Crippen molar-refractivity contribution in [3.8, 4) is 22.8 Å². The molecule has 2 N–H and O–H groups in total. The molecular formula is C15H12FN3O. The van der Waals surface area contributed by atoms with E-state index in [1.807, 2.05) is 31.2 Å². The highest BCUT2D eigenvalue weighted by atomic mass is 19.1. The first-order valence-corrected chi connectivity index (χ1v) is 6.10. The minimum atomic E-state index is -0.398. The molecule has 0 fully saturated rings. The van der Waals surface area contributed by atoms with Gasteiger partial charge in [-0.05, 0) is 30.7 Å². The second-order valence-corrected chi connectivity index (χ2v) is 4.47. The van der Waals surface area contributed by atoms with Gasteiger partial charge in [0.15, 0.2) is 0 Å². The van der Waals surface area contributed by atoms with Gasteiger partial charge in [0.1, 0.15) is 5.82 Å². The lowest BCUT2D eigenvalue weighted by Crippen LogP contribution is -1.91. The molecule has 20 heavy (non-hydrogen) atoms. The van der Waals surface area contributed by atoms with Gasteiger partial charge < -0.3 is 10.3 Å². The van der Waals surface area contributed by atoms with Crippen LogP contribution >= 0.6 is 0 Å². The van der Waals surface area contributed by atoms with Crippen LogP contribution in [0.3, 0.4) is 0 Å². The number of aromatic nitrogens is 2. The Morgan fingerprint density at radius 2 is 1.90 bits per heavy atom. The number of hydrogen-bond acceptors (Lipinski definition) is 4. The number of nitrogen functional groups attached to an aromatic ring is 1. The smallest absolute Gasteiger partial charge is 0.260 e. The number of aryl methyl sites for hydroxylation is 1. The first-order chi connectivity index (χ1) is 9.65. The summed E-state index contributed by atoms with van der Waals surface area (Å²) in [6, 6.07) is 11.7. The van der Waals surface area contributed by atoms with Crippen LogP contribution in [-0.4, -0.2) is 10.1 Å². The number of benzene rings is 2. The Balaban J connectivity index is 2.07. The summed E-state index contributed by atoms with van der Waals surface area (Å²) in [5.41, 5.74) is 8.51. The molecule has 3 aromatic rings. The molecule has 2 aromatic carbocycles. The number of anilines is 1. The summed E-state index contributed by atoms with van der Waals surface area (Å²) in [7, 11) is 0. The van der Waals surface area contributed by atoms with E-state index in [4.69, 9.17) is 10.3 Å². The largest absolute Gasteiger partial charge is 0.398 e. The van der Waals surface area contributed by atoms with Crippen LogP contribution in [0.15, 0.2) is 47.0 Å². The maximum atomic E-state index is 13.3. The minimum absolute atomic E-state index is 0.209. The summed E-state index contributed by atoms with van der Waals surface area (Å²) in [4.78, 5) is 4.29. The van der Waals surface area contributed by atoms with Crippen molar-refractivity contribution in [2.45, 2.75) is 6.92 Å². The lowest BCUT2D eigenvalue weighted by atomic mass is 10.1. The van der Waals surface area contributed by atoms with Crippen molar-refractivity contribution in [1.29, 1.82) is 0 Å². The molecule has 0 spiro atoms. The molecule has 0 atom stereocenters. The Morgan fingerprint density at radius 3 is 2.70 bits per heavy atom. The van der Waals surface area contributed by atoms with Crippen LogP contribution in [0.4, 0.5) is 10.1 Å². The first-order valence-electron chi connectivity index (χ1n) is 6.10. The quantitative estimate of drug-likeness (QED) is 0.724. The Kier molecular flexibility index (Phi) is 2.95. The summed E-state index contributed by atoms with van der Waals surface area (Å²) in [6.07, 6.45) is 0. The second-order valence-electron chi connectivity index (χ2n) is 4.47. The third kappa shape index (κ3) is 2.14. The van der Waals surface area contributed by atoms with Gasteiger partial charge in [0.2, 0.25) is 5.82 Å². The molecule has 0 aliphatic heterocycles. The molecular weight excluding hydrogens is 257 g/mol. The van der Waals surface area contributed by atoms with E-state index in [0.717, 1.165) is 11.1 Å². The fourth-order valence-electron chi connectivity index (χ4n) is 1.98. The van der Waals surface area contributed by atoms with Crippen LogP contribution in [0, 0.1) is 12.7 Å². The van der Waals surface area contributed by atoms with Gasteiger partial charge in [-0.3, -0.25) is 0 Å². The number of halogens is 1. The average Bonchev–Trinajstić information content (AvgIpc) is 2.91. The number of rotatable bonds is 2. The molecule has 3 rings (SSSR count). The predicted molar refractivity (Wildman–Crippen MR) is 74.3 cm³/mol. The maximum Gasteiger partial charge on any atom is 0.260 e. The molecule has 0 saturated carbocycles. The number of hydrogen-bond donors (Lipinski definition) is 1. The average molecular weight is 269 g/mol. The zero-order valence-electron chi connectivity index (χ0n) is 10.8. The highest BCUT2D eigenvalue weighted by Crippen LogP contribution is 2.28.